The molecule has 0 saturated carbocycles. The van der Waals surface area contributed by atoms with Gasteiger partial charge in [-0.15, -0.1) is 11.3 Å². The molecule has 0 spiro atoms. The fourth-order valence-electron chi connectivity index (χ4n) is 6.92. The second kappa shape index (κ2) is 10.1. The summed E-state index contributed by atoms with van der Waals surface area (Å²) in [6, 6.07) is 54.2. The quantitative estimate of drug-likeness (QED) is 0.189. The van der Waals surface area contributed by atoms with Crippen LogP contribution in [0.1, 0.15) is 0 Å². The Kier molecular flexibility index (Phi) is 5.82. The number of hydrogen-bond acceptors (Lipinski definition) is 3. The third-order valence-electron chi connectivity index (χ3n) is 9.19. The van der Waals surface area contributed by atoms with E-state index < -0.39 is 0 Å². The Morgan fingerprint density at radius 1 is 0.511 bits per heavy atom. The molecule has 212 valence electrons. The maximum atomic E-state index is 5.27. The zero-order valence-corrected chi connectivity index (χ0v) is 25.5. The van der Waals surface area contributed by atoms with Crippen molar-refractivity contribution in [2.24, 2.45) is 0 Å². The minimum atomic E-state index is 0.608. The van der Waals surface area contributed by atoms with E-state index in [1.807, 2.05) is 18.2 Å². The van der Waals surface area contributed by atoms with Gasteiger partial charge in [0.15, 0.2) is 17.2 Å². The first kappa shape index (κ1) is 26.0. The lowest BCUT2D eigenvalue weighted by Gasteiger charge is -2.30. The summed E-state index contributed by atoms with van der Waals surface area (Å²) < 4.78 is 1.83. The number of fused-ring (bicyclic) bond motifs is 6. The van der Waals surface area contributed by atoms with Gasteiger partial charge in [-0.3, -0.25) is 0 Å². The summed E-state index contributed by atoms with van der Waals surface area (Å²) in [5, 5.41) is 2.32. The Hall–Kier alpha value is -5.42. The van der Waals surface area contributed by atoms with Crippen LogP contribution in [0.2, 0.25) is 0 Å². The van der Waals surface area contributed by atoms with Crippen LogP contribution in [0.15, 0.2) is 152 Å². The number of aromatic nitrogens is 2. The van der Waals surface area contributed by atoms with Gasteiger partial charge < -0.3 is 0 Å². The third kappa shape index (κ3) is 4.00. The molecule has 3 nitrogen and oxygen atoms in total. The number of nitrogens with zero attached hydrogens (tertiary/aromatic N) is 3. The highest BCUT2D eigenvalue weighted by molar-refractivity contribution is 7.25. The van der Waals surface area contributed by atoms with E-state index in [1.54, 1.807) is 11.3 Å². The predicted octanol–water partition coefficient (Wildman–Crippen LogP) is 11.4. The van der Waals surface area contributed by atoms with Crippen LogP contribution in [0.5, 0.6) is 0 Å². The van der Waals surface area contributed by atoms with Crippen LogP contribution in [0.3, 0.4) is 0 Å². The summed E-state index contributed by atoms with van der Waals surface area (Å²) in [5.74, 6) is 0.754. The molecule has 9 rings (SSSR count). The molecule has 1 unspecified atom stereocenters. The lowest BCUT2D eigenvalue weighted by Crippen LogP contribution is -2.31. The molecular formula is C41H28N3S+. The van der Waals surface area contributed by atoms with Gasteiger partial charge in [0.25, 0.3) is 0 Å². The van der Waals surface area contributed by atoms with Gasteiger partial charge in [-0.2, -0.15) is 0 Å². The zero-order valence-electron chi connectivity index (χ0n) is 24.7. The highest BCUT2D eigenvalue weighted by Gasteiger charge is 2.42. The van der Waals surface area contributed by atoms with Gasteiger partial charge >= 0.3 is 0 Å². The van der Waals surface area contributed by atoms with Crippen LogP contribution in [0, 0.1) is 0 Å². The summed E-state index contributed by atoms with van der Waals surface area (Å²) in [5.41, 5.74) is 11.8. The van der Waals surface area contributed by atoms with Gasteiger partial charge in [-0.25, -0.2) is 14.5 Å². The van der Waals surface area contributed by atoms with Crippen molar-refractivity contribution in [3.63, 3.8) is 0 Å². The Morgan fingerprint density at radius 3 is 1.93 bits per heavy atom. The van der Waals surface area contributed by atoms with Crippen LogP contribution in [0.25, 0.3) is 65.2 Å². The molecule has 0 N–H and O–H groups in total. The number of quaternary nitrogens is 1. The van der Waals surface area contributed by atoms with Crippen molar-refractivity contribution in [3.8, 4) is 44.9 Å². The van der Waals surface area contributed by atoms with Crippen molar-refractivity contribution in [3.05, 3.63) is 152 Å². The summed E-state index contributed by atoms with van der Waals surface area (Å²) in [7, 11) is 2.31. The van der Waals surface area contributed by atoms with E-state index in [0.717, 1.165) is 32.9 Å². The van der Waals surface area contributed by atoms with Gasteiger partial charge in [0, 0.05) is 56.4 Å². The third-order valence-corrected chi connectivity index (χ3v) is 10.3. The topological polar surface area (TPSA) is 25.8 Å². The standard InChI is InChI=1S/C41H28N3S/c1-44(31-23-20-28(21-24-31)27-12-4-2-5-13-27)35-18-10-8-16-32(35)34-26-30(22-25-36(34)44)39-38-33-17-9-11-19-37(33)45-41(38)43-40(42-39)29-14-6-3-7-15-29/h2-26H,1H3/q+1. The van der Waals surface area contributed by atoms with Gasteiger partial charge in [-0.1, -0.05) is 91.0 Å². The Bertz CT molecular complexity index is 2380. The maximum Gasteiger partial charge on any atom is 0.161 e. The highest BCUT2D eigenvalue weighted by atomic mass is 32.1. The fourth-order valence-corrected chi connectivity index (χ4v) is 8.00. The fraction of sp³-hybridized carbons (Fsp3) is 0.0244. The molecule has 0 amide bonds. The van der Waals surface area contributed by atoms with Crippen molar-refractivity contribution in [2.75, 3.05) is 7.05 Å². The SMILES string of the molecule is C[N+]1(c2ccc(-c3ccccc3)cc2)c2ccccc2-c2cc(-c3nc(-c4ccccc4)nc4sc5ccccc5c34)ccc21. The van der Waals surface area contributed by atoms with E-state index in [0.29, 0.717) is 4.48 Å². The molecule has 0 saturated heterocycles. The Balaban J connectivity index is 1.24. The summed E-state index contributed by atoms with van der Waals surface area (Å²) in [6.45, 7) is 0. The first-order chi connectivity index (χ1) is 22.2. The lowest BCUT2D eigenvalue weighted by molar-refractivity contribution is 0.643. The predicted molar refractivity (Wildman–Crippen MR) is 190 cm³/mol. The molecule has 8 aromatic rings. The van der Waals surface area contributed by atoms with Crippen LogP contribution in [0.4, 0.5) is 17.1 Å². The lowest BCUT2D eigenvalue weighted by atomic mass is 9.99. The largest absolute Gasteiger partial charge is 0.228 e. The number of hydrogen-bond donors (Lipinski definition) is 0. The van der Waals surface area contributed by atoms with Crippen molar-refractivity contribution < 1.29 is 0 Å². The summed E-state index contributed by atoms with van der Waals surface area (Å²) in [4.78, 5) is 11.4. The van der Waals surface area contributed by atoms with E-state index in [2.05, 4.69) is 141 Å². The monoisotopic (exact) mass is 594 g/mol. The molecule has 1 aliphatic rings. The van der Waals surface area contributed by atoms with E-state index >= 15 is 0 Å². The molecule has 3 heterocycles. The molecule has 0 fully saturated rings. The maximum absolute atomic E-state index is 5.27. The van der Waals surface area contributed by atoms with Gasteiger partial charge in [0.2, 0.25) is 0 Å². The van der Waals surface area contributed by atoms with Crippen LogP contribution < -0.4 is 4.48 Å². The number of rotatable bonds is 4. The summed E-state index contributed by atoms with van der Waals surface area (Å²) in [6.07, 6.45) is 0. The second-order valence-corrected chi connectivity index (χ2v) is 12.7. The van der Waals surface area contributed by atoms with E-state index in [9.17, 15) is 0 Å². The van der Waals surface area contributed by atoms with Gasteiger partial charge in [-0.05, 0) is 47.5 Å². The average molecular weight is 595 g/mol. The molecule has 45 heavy (non-hydrogen) atoms. The van der Waals surface area contributed by atoms with Crippen molar-refractivity contribution in [2.45, 2.75) is 0 Å². The molecule has 0 bridgehead atoms. The smallest absolute Gasteiger partial charge is 0.161 e. The molecule has 2 aromatic heterocycles. The summed E-state index contributed by atoms with van der Waals surface area (Å²) >= 11 is 1.74. The molecule has 1 aliphatic heterocycles. The molecule has 6 aromatic carbocycles. The molecule has 0 aliphatic carbocycles. The zero-order chi connectivity index (χ0) is 30.0. The number of thiophene rings is 1. The van der Waals surface area contributed by atoms with Crippen molar-refractivity contribution in [1.29, 1.82) is 0 Å². The van der Waals surface area contributed by atoms with Crippen LogP contribution in [-0.2, 0) is 0 Å². The minimum Gasteiger partial charge on any atom is -0.228 e. The van der Waals surface area contributed by atoms with E-state index in [1.165, 1.54) is 49.4 Å². The average Bonchev–Trinajstić information content (AvgIpc) is 3.62. The van der Waals surface area contributed by atoms with Crippen molar-refractivity contribution in [1.82, 2.24) is 14.5 Å². The molecule has 0 radical (unpaired) electrons. The number of benzene rings is 6. The van der Waals surface area contributed by atoms with Gasteiger partial charge in [0.05, 0.1) is 18.3 Å². The van der Waals surface area contributed by atoms with Crippen molar-refractivity contribution >= 4 is 48.7 Å². The Labute approximate surface area is 265 Å². The normalized spacial score (nSPS) is 15.3. The first-order valence-electron chi connectivity index (χ1n) is 15.2. The second-order valence-electron chi connectivity index (χ2n) is 11.7. The van der Waals surface area contributed by atoms with Crippen LogP contribution in [-0.4, -0.2) is 17.0 Å². The number of para-hydroxylation sites is 1. The Morgan fingerprint density at radius 2 is 1.13 bits per heavy atom. The van der Waals surface area contributed by atoms with Gasteiger partial charge in [0.1, 0.15) is 10.5 Å². The first-order valence-corrected chi connectivity index (χ1v) is 16.0. The molecular weight excluding hydrogens is 567 g/mol. The molecule has 1 atom stereocenters. The van der Waals surface area contributed by atoms with E-state index in [-0.39, 0.29) is 0 Å². The highest BCUT2D eigenvalue weighted by Crippen LogP contribution is 2.57. The molecule has 4 heteroatoms. The van der Waals surface area contributed by atoms with E-state index in [4.69, 9.17) is 9.97 Å². The minimum absolute atomic E-state index is 0.608. The van der Waals surface area contributed by atoms with Crippen LogP contribution >= 0.6 is 11.3 Å².